The van der Waals surface area contributed by atoms with E-state index in [2.05, 4.69) is 0 Å². The van der Waals surface area contributed by atoms with Crippen molar-refractivity contribution in [2.75, 3.05) is 19.6 Å². The molecular formula is C13H17Cl2N3O3. The van der Waals surface area contributed by atoms with E-state index in [-0.39, 0.29) is 35.4 Å². The molecule has 0 aliphatic carbocycles. The van der Waals surface area contributed by atoms with Gasteiger partial charge in [0.25, 0.3) is 5.69 Å². The second-order valence-corrected chi connectivity index (χ2v) is 5.35. The summed E-state index contributed by atoms with van der Waals surface area (Å²) in [6.07, 6.45) is 1.09. The second kappa shape index (κ2) is 7.59. The van der Waals surface area contributed by atoms with Gasteiger partial charge in [-0.15, -0.1) is 12.4 Å². The van der Waals surface area contributed by atoms with E-state index >= 15 is 0 Å². The molecule has 1 aromatic carbocycles. The molecule has 0 radical (unpaired) electrons. The van der Waals surface area contributed by atoms with Gasteiger partial charge in [0.15, 0.2) is 0 Å². The van der Waals surface area contributed by atoms with Gasteiger partial charge in [0.1, 0.15) is 0 Å². The molecule has 116 valence electrons. The van der Waals surface area contributed by atoms with E-state index in [0.29, 0.717) is 31.1 Å². The first-order valence-electron chi connectivity index (χ1n) is 6.42. The highest BCUT2D eigenvalue weighted by Gasteiger charge is 2.25. The molecule has 0 bridgehead atoms. The Morgan fingerprint density at radius 2 is 2.24 bits per heavy atom. The molecule has 1 aromatic rings. The summed E-state index contributed by atoms with van der Waals surface area (Å²) < 4.78 is 0. The molecule has 2 rings (SSSR count). The molecule has 8 heteroatoms. The zero-order chi connectivity index (χ0) is 14.7. The van der Waals surface area contributed by atoms with Crippen LogP contribution >= 0.6 is 24.0 Å². The summed E-state index contributed by atoms with van der Waals surface area (Å²) in [6, 6.07) is 4.17. The van der Waals surface area contributed by atoms with Crippen LogP contribution in [0.3, 0.4) is 0 Å². The van der Waals surface area contributed by atoms with E-state index in [0.717, 1.165) is 6.42 Å². The lowest BCUT2D eigenvalue weighted by atomic mass is 10.1. The van der Waals surface area contributed by atoms with Gasteiger partial charge in [-0.1, -0.05) is 17.7 Å². The topological polar surface area (TPSA) is 89.5 Å². The maximum atomic E-state index is 12.1. The zero-order valence-electron chi connectivity index (χ0n) is 11.3. The van der Waals surface area contributed by atoms with Crippen molar-refractivity contribution in [2.45, 2.75) is 12.8 Å². The largest absolute Gasteiger partial charge is 0.342 e. The highest BCUT2D eigenvalue weighted by molar-refractivity contribution is 6.31. The second-order valence-electron chi connectivity index (χ2n) is 4.94. The summed E-state index contributed by atoms with van der Waals surface area (Å²) in [5.74, 6) is 0.350. The molecule has 0 spiro atoms. The Labute approximate surface area is 133 Å². The number of hydrogen-bond donors (Lipinski definition) is 1. The quantitative estimate of drug-likeness (QED) is 0.674. The maximum absolute atomic E-state index is 12.1. The first-order chi connectivity index (χ1) is 9.51. The average molecular weight is 334 g/mol. The van der Waals surface area contributed by atoms with Gasteiger partial charge in [-0.05, 0) is 24.4 Å². The number of likely N-dealkylation sites (tertiary alicyclic amines) is 1. The van der Waals surface area contributed by atoms with Gasteiger partial charge >= 0.3 is 0 Å². The maximum Gasteiger partial charge on any atom is 0.270 e. The molecule has 6 nitrogen and oxygen atoms in total. The fourth-order valence-electron chi connectivity index (χ4n) is 2.32. The van der Waals surface area contributed by atoms with Crippen molar-refractivity contribution in [3.05, 3.63) is 38.9 Å². The Hall–Kier alpha value is -1.37. The number of carbonyl (C=O) groups excluding carboxylic acids is 1. The molecule has 1 amide bonds. The molecule has 1 saturated heterocycles. The predicted octanol–water partition coefficient (Wildman–Crippen LogP) is 2.02. The third kappa shape index (κ3) is 4.30. The highest BCUT2D eigenvalue weighted by Crippen LogP contribution is 2.24. The number of nitrogens with zero attached hydrogens (tertiary/aromatic N) is 2. The summed E-state index contributed by atoms with van der Waals surface area (Å²) >= 11 is 5.99. The van der Waals surface area contributed by atoms with Crippen LogP contribution in [0.1, 0.15) is 12.0 Å². The van der Waals surface area contributed by atoms with Crippen LogP contribution in [-0.2, 0) is 11.2 Å². The lowest BCUT2D eigenvalue weighted by molar-refractivity contribution is -0.384. The van der Waals surface area contributed by atoms with Crippen molar-refractivity contribution in [2.24, 2.45) is 11.7 Å². The number of non-ortho nitro benzene ring substituents is 1. The Balaban J connectivity index is 0.00000220. The van der Waals surface area contributed by atoms with Crippen LogP contribution < -0.4 is 5.73 Å². The van der Waals surface area contributed by atoms with Crippen LogP contribution in [0.5, 0.6) is 0 Å². The summed E-state index contributed by atoms with van der Waals surface area (Å²) in [4.78, 5) is 24.0. The molecule has 1 heterocycles. The number of nitro groups is 1. The van der Waals surface area contributed by atoms with Gasteiger partial charge in [0.2, 0.25) is 5.91 Å². The molecule has 1 aliphatic heterocycles. The minimum absolute atomic E-state index is 0. The number of hydrogen-bond acceptors (Lipinski definition) is 4. The number of nitro benzene ring substituents is 1. The number of rotatable bonds is 4. The predicted molar refractivity (Wildman–Crippen MR) is 82.8 cm³/mol. The molecule has 2 N–H and O–H groups in total. The van der Waals surface area contributed by atoms with Gasteiger partial charge in [0, 0.05) is 25.2 Å². The zero-order valence-corrected chi connectivity index (χ0v) is 12.9. The summed E-state index contributed by atoms with van der Waals surface area (Å²) in [5.41, 5.74) is 6.13. The van der Waals surface area contributed by atoms with Crippen LogP contribution in [0.25, 0.3) is 0 Å². The third-order valence-electron chi connectivity index (χ3n) is 3.56. The minimum Gasteiger partial charge on any atom is -0.342 e. The van der Waals surface area contributed by atoms with Gasteiger partial charge in [-0.2, -0.15) is 0 Å². The number of halogens is 2. The fraction of sp³-hybridized carbons (Fsp3) is 0.462. The van der Waals surface area contributed by atoms with Crippen LogP contribution in [0.15, 0.2) is 18.2 Å². The highest BCUT2D eigenvalue weighted by atomic mass is 35.5. The summed E-state index contributed by atoms with van der Waals surface area (Å²) in [6.45, 7) is 1.98. The number of carbonyl (C=O) groups is 1. The fourth-order valence-corrected chi connectivity index (χ4v) is 2.56. The molecule has 1 unspecified atom stereocenters. The normalized spacial score (nSPS) is 17.4. The first-order valence-corrected chi connectivity index (χ1v) is 6.79. The SMILES string of the molecule is Cl.NCC1CCN(C(=O)Cc2ccc([N+](=O)[O-])cc2Cl)C1. The van der Waals surface area contributed by atoms with Crippen molar-refractivity contribution < 1.29 is 9.72 Å². The lowest BCUT2D eigenvalue weighted by Crippen LogP contribution is -2.31. The van der Waals surface area contributed by atoms with E-state index in [9.17, 15) is 14.9 Å². The molecule has 0 aromatic heterocycles. The Morgan fingerprint density at radius 1 is 1.52 bits per heavy atom. The van der Waals surface area contributed by atoms with Crippen LogP contribution in [0, 0.1) is 16.0 Å². The Morgan fingerprint density at radius 3 is 2.76 bits per heavy atom. The average Bonchev–Trinajstić information content (AvgIpc) is 2.89. The van der Waals surface area contributed by atoms with Gasteiger partial charge in [0.05, 0.1) is 16.4 Å². The monoisotopic (exact) mass is 333 g/mol. The van der Waals surface area contributed by atoms with Gasteiger partial charge in [-0.3, -0.25) is 14.9 Å². The van der Waals surface area contributed by atoms with Crippen molar-refractivity contribution in [3.8, 4) is 0 Å². The summed E-state index contributed by atoms with van der Waals surface area (Å²) in [5, 5.41) is 10.9. The van der Waals surface area contributed by atoms with Crippen LogP contribution in [0.2, 0.25) is 5.02 Å². The molecule has 1 aliphatic rings. The van der Waals surface area contributed by atoms with E-state index in [1.807, 2.05) is 0 Å². The van der Waals surface area contributed by atoms with E-state index in [4.69, 9.17) is 17.3 Å². The minimum atomic E-state index is -0.510. The summed E-state index contributed by atoms with van der Waals surface area (Å²) in [7, 11) is 0. The standard InChI is InChI=1S/C13H16ClN3O3.ClH/c14-12-6-11(17(19)20)2-1-10(12)5-13(18)16-4-3-9(7-15)8-16;/h1-2,6,9H,3-5,7-8,15H2;1H. The molecule has 0 saturated carbocycles. The lowest BCUT2D eigenvalue weighted by Gasteiger charge is -2.16. The smallest absolute Gasteiger partial charge is 0.270 e. The van der Waals surface area contributed by atoms with Crippen molar-refractivity contribution >= 4 is 35.6 Å². The first kappa shape index (κ1) is 17.7. The Kier molecular flexibility index (Phi) is 6.39. The van der Waals surface area contributed by atoms with Gasteiger partial charge in [-0.25, -0.2) is 0 Å². The third-order valence-corrected chi connectivity index (χ3v) is 3.91. The number of benzene rings is 1. The Bertz CT molecular complexity index is 539. The number of nitrogens with two attached hydrogens (primary N) is 1. The van der Waals surface area contributed by atoms with E-state index < -0.39 is 4.92 Å². The van der Waals surface area contributed by atoms with Crippen LogP contribution in [0.4, 0.5) is 5.69 Å². The van der Waals surface area contributed by atoms with E-state index in [1.54, 1.807) is 4.90 Å². The van der Waals surface area contributed by atoms with Crippen molar-refractivity contribution in [3.63, 3.8) is 0 Å². The van der Waals surface area contributed by atoms with Crippen molar-refractivity contribution in [1.29, 1.82) is 0 Å². The molecule has 1 fully saturated rings. The molecule has 1 atom stereocenters. The molecule has 21 heavy (non-hydrogen) atoms. The molecular weight excluding hydrogens is 317 g/mol. The van der Waals surface area contributed by atoms with Crippen molar-refractivity contribution in [1.82, 2.24) is 4.90 Å². The van der Waals surface area contributed by atoms with Crippen LogP contribution in [-0.4, -0.2) is 35.4 Å². The number of amides is 1. The van der Waals surface area contributed by atoms with Gasteiger partial charge < -0.3 is 10.6 Å². The van der Waals surface area contributed by atoms with E-state index in [1.165, 1.54) is 18.2 Å².